The van der Waals surface area contributed by atoms with Crippen molar-refractivity contribution in [3.63, 3.8) is 0 Å². The van der Waals surface area contributed by atoms with Crippen LogP contribution in [0, 0.1) is 20.8 Å². The minimum atomic E-state index is -0.258. The molecule has 3 heterocycles. The normalized spacial score (nSPS) is 14.4. The number of rotatable bonds is 8. The molecule has 1 atom stereocenters. The molecule has 2 amide bonds. The van der Waals surface area contributed by atoms with Crippen LogP contribution in [-0.4, -0.2) is 45.5 Å². The lowest BCUT2D eigenvalue weighted by atomic mass is 10.1. The summed E-state index contributed by atoms with van der Waals surface area (Å²) in [7, 11) is 0. The number of fused-ring (bicyclic) bond motifs is 1. The van der Waals surface area contributed by atoms with E-state index >= 15 is 0 Å². The number of benzene rings is 1. The number of aromatic nitrogens is 3. The van der Waals surface area contributed by atoms with Crippen LogP contribution in [0.4, 0.5) is 11.4 Å². The topological polar surface area (TPSA) is 91.6 Å². The van der Waals surface area contributed by atoms with Gasteiger partial charge in [0.1, 0.15) is 0 Å². The molecule has 3 aromatic rings. The second kappa shape index (κ2) is 10.2. The van der Waals surface area contributed by atoms with Crippen molar-refractivity contribution in [3.8, 4) is 0 Å². The van der Waals surface area contributed by atoms with Gasteiger partial charge in [-0.2, -0.15) is 5.10 Å². The van der Waals surface area contributed by atoms with E-state index in [4.69, 9.17) is 0 Å². The molecule has 1 aliphatic heterocycles. The van der Waals surface area contributed by atoms with Gasteiger partial charge in [0.2, 0.25) is 11.8 Å². The molecule has 8 heteroatoms. The first-order valence-electron chi connectivity index (χ1n) is 12.1. The van der Waals surface area contributed by atoms with Gasteiger partial charge in [0.05, 0.1) is 5.69 Å². The Morgan fingerprint density at radius 2 is 1.85 bits per heavy atom. The molecule has 4 rings (SSSR count). The van der Waals surface area contributed by atoms with Gasteiger partial charge >= 0.3 is 0 Å². The highest BCUT2D eigenvalue weighted by atomic mass is 16.2. The number of carbonyl (C=O) groups is 2. The lowest BCUT2D eigenvalue weighted by Crippen LogP contribution is -2.35. The standard InChI is InChI=1S/C26H34N6O2/c1-17(15-26(34)29-21-8-7-9-22(16-21)31-12-5-6-13-31)27-25(33)11-10-23-19(3)28-24-14-18(2)30-32(24)20(23)4/h7-9,14,16-17H,5-6,10-13,15H2,1-4H3,(H,27,33)(H,29,34). The van der Waals surface area contributed by atoms with Crippen molar-refractivity contribution in [1.82, 2.24) is 19.9 Å². The molecule has 8 nitrogen and oxygen atoms in total. The van der Waals surface area contributed by atoms with E-state index in [-0.39, 0.29) is 24.3 Å². The third-order valence-electron chi connectivity index (χ3n) is 6.39. The van der Waals surface area contributed by atoms with Crippen molar-refractivity contribution >= 4 is 28.8 Å². The Labute approximate surface area is 200 Å². The molecule has 0 aliphatic carbocycles. The number of aryl methyl sites for hydroxylation is 3. The van der Waals surface area contributed by atoms with E-state index < -0.39 is 0 Å². The van der Waals surface area contributed by atoms with Crippen molar-refractivity contribution in [1.29, 1.82) is 0 Å². The largest absolute Gasteiger partial charge is 0.371 e. The summed E-state index contributed by atoms with van der Waals surface area (Å²) in [6.07, 6.45) is 3.55. The van der Waals surface area contributed by atoms with Crippen molar-refractivity contribution < 1.29 is 9.59 Å². The SMILES string of the molecule is Cc1cc2nc(C)c(CCC(=O)NC(C)CC(=O)Nc3cccc(N4CCCC4)c3)c(C)n2n1. The Bertz CT molecular complexity index is 1200. The molecular weight excluding hydrogens is 428 g/mol. The number of carbonyl (C=O) groups excluding carboxylic acids is 2. The van der Waals surface area contributed by atoms with Gasteiger partial charge in [-0.1, -0.05) is 6.07 Å². The molecule has 34 heavy (non-hydrogen) atoms. The van der Waals surface area contributed by atoms with E-state index in [0.29, 0.717) is 12.8 Å². The Balaban J connectivity index is 1.27. The van der Waals surface area contributed by atoms with Gasteiger partial charge < -0.3 is 15.5 Å². The second-order valence-corrected chi connectivity index (χ2v) is 9.28. The van der Waals surface area contributed by atoms with E-state index in [0.717, 1.165) is 52.8 Å². The molecule has 1 fully saturated rings. The number of nitrogens with one attached hydrogen (secondary N) is 2. The average Bonchev–Trinajstić information content (AvgIpc) is 3.43. The molecule has 0 spiro atoms. The van der Waals surface area contributed by atoms with Gasteiger partial charge in [-0.25, -0.2) is 9.50 Å². The summed E-state index contributed by atoms with van der Waals surface area (Å²) in [6.45, 7) is 9.89. The summed E-state index contributed by atoms with van der Waals surface area (Å²) < 4.78 is 1.83. The van der Waals surface area contributed by atoms with E-state index in [2.05, 4.69) is 31.7 Å². The predicted molar refractivity (Wildman–Crippen MR) is 134 cm³/mol. The maximum Gasteiger partial charge on any atom is 0.226 e. The van der Waals surface area contributed by atoms with E-state index in [1.807, 2.05) is 56.5 Å². The lowest BCUT2D eigenvalue weighted by Gasteiger charge is -2.19. The lowest BCUT2D eigenvalue weighted by molar-refractivity contribution is -0.122. The zero-order valence-corrected chi connectivity index (χ0v) is 20.5. The van der Waals surface area contributed by atoms with Crippen LogP contribution in [0.5, 0.6) is 0 Å². The van der Waals surface area contributed by atoms with Gasteiger partial charge in [0, 0.05) is 60.8 Å². The maximum atomic E-state index is 12.6. The van der Waals surface area contributed by atoms with Crippen LogP contribution in [0.2, 0.25) is 0 Å². The molecular formula is C26H34N6O2. The molecule has 1 saturated heterocycles. The Morgan fingerprint density at radius 3 is 2.62 bits per heavy atom. The Kier molecular flexibility index (Phi) is 7.14. The van der Waals surface area contributed by atoms with Crippen molar-refractivity contribution in [3.05, 3.63) is 53.0 Å². The second-order valence-electron chi connectivity index (χ2n) is 9.28. The molecule has 2 N–H and O–H groups in total. The maximum absolute atomic E-state index is 12.6. The summed E-state index contributed by atoms with van der Waals surface area (Å²) in [5, 5.41) is 10.4. The fourth-order valence-electron chi connectivity index (χ4n) is 4.69. The number of hydrogen-bond acceptors (Lipinski definition) is 5. The first-order chi connectivity index (χ1) is 16.3. The fraction of sp³-hybridized carbons (Fsp3) is 0.462. The first-order valence-corrected chi connectivity index (χ1v) is 12.1. The summed E-state index contributed by atoms with van der Waals surface area (Å²) in [5.41, 5.74) is 6.63. The third kappa shape index (κ3) is 5.55. The average molecular weight is 463 g/mol. The predicted octanol–water partition coefficient (Wildman–Crippen LogP) is 3.72. The van der Waals surface area contributed by atoms with Crippen LogP contribution in [0.25, 0.3) is 5.65 Å². The van der Waals surface area contributed by atoms with Gasteiger partial charge in [-0.3, -0.25) is 9.59 Å². The van der Waals surface area contributed by atoms with Crippen LogP contribution < -0.4 is 15.5 Å². The monoisotopic (exact) mass is 462 g/mol. The molecule has 2 aromatic heterocycles. The summed E-state index contributed by atoms with van der Waals surface area (Å²) in [6, 6.07) is 9.65. The van der Waals surface area contributed by atoms with Crippen LogP contribution in [-0.2, 0) is 16.0 Å². The molecule has 0 radical (unpaired) electrons. The smallest absolute Gasteiger partial charge is 0.226 e. The summed E-state index contributed by atoms with van der Waals surface area (Å²) in [4.78, 5) is 32.1. The Hall–Kier alpha value is -3.42. The third-order valence-corrected chi connectivity index (χ3v) is 6.39. The Morgan fingerprint density at radius 1 is 1.09 bits per heavy atom. The van der Waals surface area contributed by atoms with Crippen molar-refractivity contribution in [2.45, 2.75) is 65.8 Å². The van der Waals surface area contributed by atoms with Gasteiger partial charge in [0.25, 0.3) is 0 Å². The van der Waals surface area contributed by atoms with Crippen LogP contribution in [0.3, 0.4) is 0 Å². The fourth-order valence-corrected chi connectivity index (χ4v) is 4.69. The van der Waals surface area contributed by atoms with E-state index in [1.54, 1.807) is 0 Å². The van der Waals surface area contributed by atoms with Crippen molar-refractivity contribution in [2.24, 2.45) is 0 Å². The number of hydrogen-bond donors (Lipinski definition) is 2. The summed E-state index contributed by atoms with van der Waals surface area (Å²) >= 11 is 0. The van der Waals surface area contributed by atoms with Crippen LogP contribution >= 0.6 is 0 Å². The minimum Gasteiger partial charge on any atom is -0.371 e. The quantitative estimate of drug-likeness (QED) is 0.532. The molecule has 1 aliphatic rings. The van der Waals surface area contributed by atoms with Crippen molar-refractivity contribution in [2.75, 3.05) is 23.3 Å². The van der Waals surface area contributed by atoms with Crippen LogP contribution in [0.15, 0.2) is 30.3 Å². The molecule has 0 bridgehead atoms. The van der Waals surface area contributed by atoms with Crippen LogP contribution in [0.1, 0.15) is 55.3 Å². The highest BCUT2D eigenvalue weighted by molar-refractivity contribution is 5.92. The highest BCUT2D eigenvalue weighted by Crippen LogP contribution is 2.23. The minimum absolute atomic E-state index is 0.0770. The number of amides is 2. The van der Waals surface area contributed by atoms with Gasteiger partial charge in [0.15, 0.2) is 5.65 Å². The zero-order chi connectivity index (χ0) is 24.2. The zero-order valence-electron chi connectivity index (χ0n) is 20.5. The molecule has 180 valence electrons. The van der Waals surface area contributed by atoms with E-state index in [1.165, 1.54) is 12.8 Å². The van der Waals surface area contributed by atoms with E-state index in [9.17, 15) is 9.59 Å². The number of anilines is 2. The molecule has 1 unspecified atom stereocenters. The van der Waals surface area contributed by atoms with Gasteiger partial charge in [-0.05, 0) is 70.7 Å². The molecule has 1 aromatic carbocycles. The first kappa shape index (κ1) is 23.7. The highest BCUT2D eigenvalue weighted by Gasteiger charge is 2.16. The molecule has 0 saturated carbocycles. The number of nitrogens with zero attached hydrogens (tertiary/aromatic N) is 4. The van der Waals surface area contributed by atoms with Gasteiger partial charge in [-0.15, -0.1) is 0 Å². The summed E-state index contributed by atoms with van der Waals surface area (Å²) in [5.74, 6) is -0.186.